The molecule has 3 heterocycles. The van der Waals surface area contributed by atoms with Crippen molar-refractivity contribution in [2.24, 2.45) is 0 Å². The van der Waals surface area contributed by atoms with E-state index in [1.165, 1.54) is 4.90 Å². The van der Waals surface area contributed by atoms with E-state index in [4.69, 9.17) is 27.9 Å². The van der Waals surface area contributed by atoms with Crippen molar-refractivity contribution >= 4 is 84.9 Å². The van der Waals surface area contributed by atoms with E-state index in [1.54, 1.807) is 24.3 Å². The molecule has 0 unspecified atom stereocenters. The minimum Gasteiger partial charge on any atom is -0.376 e. The molecule has 0 bridgehead atoms. The maximum Gasteiger partial charge on any atom is 0.293 e. The Labute approximate surface area is 236 Å². The maximum absolute atomic E-state index is 13.1. The molecule has 0 spiro atoms. The largest absolute Gasteiger partial charge is 0.376 e. The first-order chi connectivity index (χ1) is 17.8. The number of nitrogens with zero attached hydrogens (tertiary/aromatic N) is 2. The second kappa shape index (κ2) is 11.2. The minimum absolute atomic E-state index is 0.0661. The van der Waals surface area contributed by atoms with Crippen LogP contribution in [0.2, 0.25) is 10.0 Å². The predicted molar refractivity (Wildman–Crippen MR) is 150 cm³/mol. The summed E-state index contributed by atoms with van der Waals surface area (Å²) in [5, 5.41) is 4.21. The summed E-state index contributed by atoms with van der Waals surface area (Å²) < 4.78 is 8.29. The van der Waals surface area contributed by atoms with E-state index < -0.39 is 0 Å². The number of thioether (sulfide) groups is 1. The van der Waals surface area contributed by atoms with E-state index in [0.717, 1.165) is 52.1 Å². The molecule has 3 amide bonds. The van der Waals surface area contributed by atoms with Crippen molar-refractivity contribution in [3.8, 4) is 0 Å². The Balaban J connectivity index is 1.37. The van der Waals surface area contributed by atoms with Gasteiger partial charge >= 0.3 is 0 Å². The van der Waals surface area contributed by atoms with Crippen molar-refractivity contribution in [2.45, 2.75) is 32.0 Å². The molecule has 1 atom stereocenters. The average Bonchev–Trinajstić information content (AvgIpc) is 3.56. The fourth-order valence-electron chi connectivity index (χ4n) is 4.38. The van der Waals surface area contributed by atoms with E-state index in [-0.39, 0.29) is 36.2 Å². The summed E-state index contributed by atoms with van der Waals surface area (Å²) in [6, 6.07) is 10.8. The Morgan fingerprint density at radius 1 is 1.19 bits per heavy atom. The summed E-state index contributed by atoms with van der Waals surface area (Å²) in [6.45, 7) is 1.44. The number of carbonyl (C=O) groups excluding carboxylic acids is 3. The van der Waals surface area contributed by atoms with Gasteiger partial charge in [0.2, 0.25) is 5.91 Å². The normalized spacial score (nSPS) is 18.9. The third-order valence-electron chi connectivity index (χ3n) is 6.22. The van der Waals surface area contributed by atoms with Gasteiger partial charge in [0.15, 0.2) is 0 Å². The van der Waals surface area contributed by atoms with Crippen molar-refractivity contribution in [2.75, 3.05) is 13.2 Å². The Bertz CT molecular complexity index is 1430. The second-order valence-electron chi connectivity index (χ2n) is 8.83. The molecule has 2 aromatic carbocycles. The number of aromatic nitrogens is 1. The van der Waals surface area contributed by atoms with Gasteiger partial charge in [-0.2, -0.15) is 0 Å². The quantitative estimate of drug-likeness (QED) is 0.315. The molecular weight excluding hydrogens is 601 g/mol. The number of rotatable bonds is 7. The van der Waals surface area contributed by atoms with Crippen LogP contribution in [0.3, 0.4) is 0 Å². The van der Waals surface area contributed by atoms with Gasteiger partial charge in [0.05, 0.1) is 27.6 Å². The van der Waals surface area contributed by atoms with Crippen molar-refractivity contribution in [3.05, 3.63) is 73.1 Å². The number of hydrogen-bond donors (Lipinski definition) is 1. The van der Waals surface area contributed by atoms with Gasteiger partial charge < -0.3 is 14.6 Å². The summed E-state index contributed by atoms with van der Waals surface area (Å²) in [4.78, 5) is 40.0. The third kappa shape index (κ3) is 5.91. The molecule has 37 heavy (non-hydrogen) atoms. The minimum atomic E-state index is -0.383. The predicted octanol–water partition coefficient (Wildman–Crippen LogP) is 6.24. The molecule has 11 heteroatoms. The number of carbonyl (C=O) groups is 3. The van der Waals surface area contributed by atoms with Crippen molar-refractivity contribution in [1.29, 1.82) is 0 Å². The van der Waals surface area contributed by atoms with Crippen LogP contribution in [-0.2, 0) is 27.4 Å². The Kier molecular flexibility index (Phi) is 7.97. The van der Waals surface area contributed by atoms with Crippen LogP contribution < -0.4 is 5.32 Å². The second-order valence-corrected chi connectivity index (χ2v) is 11.6. The van der Waals surface area contributed by atoms with Crippen LogP contribution in [0.5, 0.6) is 0 Å². The van der Waals surface area contributed by atoms with E-state index in [0.29, 0.717) is 27.1 Å². The number of nitrogens with one attached hydrogen (secondary N) is 1. The molecule has 7 nitrogen and oxygen atoms in total. The number of halogens is 3. The molecule has 2 fully saturated rings. The molecule has 0 saturated carbocycles. The molecule has 2 aliphatic heterocycles. The lowest BCUT2D eigenvalue weighted by atomic mass is 10.1. The summed E-state index contributed by atoms with van der Waals surface area (Å²) in [5.74, 6) is -0.505. The first-order valence-corrected chi connectivity index (χ1v) is 14.0. The number of benzene rings is 2. The van der Waals surface area contributed by atoms with Crippen molar-refractivity contribution in [1.82, 2.24) is 14.8 Å². The zero-order valence-corrected chi connectivity index (χ0v) is 23.4. The van der Waals surface area contributed by atoms with Gasteiger partial charge in [-0.25, -0.2) is 0 Å². The van der Waals surface area contributed by atoms with Crippen LogP contribution in [0.4, 0.5) is 4.79 Å². The highest BCUT2D eigenvalue weighted by atomic mass is 79.9. The van der Waals surface area contributed by atoms with Crippen molar-refractivity contribution in [3.63, 3.8) is 0 Å². The van der Waals surface area contributed by atoms with Gasteiger partial charge in [-0.15, -0.1) is 0 Å². The van der Waals surface area contributed by atoms with Gasteiger partial charge in [0, 0.05) is 40.3 Å². The molecular formula is C26H22BrCl2N3O4S. The number of imide groups is 1. The first-order valence-electron chi connectivity index (χ1n) is 11.6. The SMILES string of the molecule is O=C(Cn1cc(/C=C2\SC(=O)N(Cc3ccc(Cl)c(Cl)c3)C2=O)c2cc(Br)ccc21)NC[C@H]1CCCO1. The highest BCUT2D eigenvalue weighted by Gasteiger charge is 2.35. The number of fused-ring (bicyclic) bond motifs is 1. The topological polar surface area (TPSA) is 80.6 Å². The summed E-state index contributed by atoms with van der Waals surface area (Å²) in [5.41, 5.74) is 2.28. The Morgan fingerprint density at radius 3 is 2.78 bits per heavy atom. The molecule has 3 aromatic rings. The molecule has 192 valence electrons. The molecule has 1 N–H and O–H groups in total. The smallest absolute Gasteiger partial charge is 0.293 e. The lowest BCUT2D eigenvalue weighted by Gasteiger charge is -2.12. The highest BCUT2D eigenvalue weighted by molar-refractivity contribution is 9.10. The zero-order chi connectivity index (χ0) is 26.1. The zero-order valence-electron chi connectivity index (χ0n) is 19.5. The number of ether oxygens (including phenoxy) is 1. The molecule has 1 aromatic heterocycles. The molecule has 0 aliphatic carbocycles. The monoisotopic (exact) mass is 621 g/mol. The lowest BCUT2D eigenvalue weighted by molar-refractivity contribution is -0.123. The number of amides is 3. The standard InChI is InChI=1S/C26H22BrCl2N3O4S/c27-17-4-6-22-19(10-17)16(13-31(22)14-24(33)30-11-18-2-1-7-36-18)9-23-25(34)32(26(35)37-23)12-15-3-5-20(28)21(29)8-15/h3-6,8-10,13,18H,1-2,7,11-12,14H2,(H,30,33)/b23-9-/t18-/m1/s1. The lowest BCUT2D eigenvalue weighted by Crippen LogP contribution is -2.34. The summed E-state index contributed by atoms with van der Waals surface area (Å²) in [6.07, 6.45) is 5.56. The molecule has 0 radical (unpaired) electrons. The maximum atomic E-state index is 13.1. The van der Waals surface area contributed by atoms with Gasteiger partial charge in [0.25, 0.3) is 11.1 Å². The van der Waals surface area contributed by atoms with Crippen LogP contribution in [0.15, 0.2) is 52.0 Å². The highest BCUT2D eigenvalue weighted by Crippen LogP contribution is 2.36. The third-order valence-corrected chi connectivity index (χ3v) is 8.36. The molecule has 5 rings (SSSR count). The van der Waals surface area contributed by atoms with E-state index in [9.17, 15) is 14.4 Å². The average molecular weight is 623 g/mol. The fourth-order valence-corrected chi connectivity index (χ4v) is 5.90. The number of hydrogen-bond acceptors (Lipinski definition) is 5. The van der Waals surface area contributed by atoms with E-state index in [2.05, 4.69) is 21.2 Å². The molecule has 2 aliphatic rings. The Hall–Kier alpha value is -2.30. The van der Waals surface area contributed by atoms with Crippen LogP contribution in [0.25, 0.3) is 17.0 Å². The Morgan fingerprint density at radius 2 is 2.03 bits per heavy atom. The van der Waals surface area contributed by atoms with Crippen LogP contribution in [-0.4, -0.2) is 45.8 Å². The first kappa shape index (κ1) is 26.3. The van der Waals surface area contributed by atoms with Crippen LogP contribution in [0, 0.1) is 0 Å². The van der Waals surface area contributed by atoms with Gasteiger partial charge in [-0.05, 0) is 66.6 Å². The summed E-state index contributed by atoms with van der Waals surface area (Å²) >= 11 is 16.5. The van der Waals surface area contributed by atoms with Crippen LogP contribution >= 0.6 is 50.9 Å². The fraction of sp³-hybridized carbons (Fsp3) is 0.269. The van der Waals surface area contributed by atoms with Crippen LogP contribution in [0.1, 0.15) is 24.0 Å². The van der Waals surface area contributed by atoms with E-state index in [1.807, 2.05) is 29.0 Å². The van der Waals surface area contributed by atoms with E-state index >= 15 is 0 Å². The van der Waals surface area contributed by atoms with Gasteiger partial charge in [-0.3, -0.25) is 19.3 Å². The van der Waals surface area contributed by atoms with Gasteiger partial charge in [-0.1, -0.05) is 45.2 Å². The van der Waals surface area contributed by atoms with Crippen molar-refractivity contribution < 1.29 is 19.1 Å². The summed E-state index contributed by atoms with van der Waals surface area (Å²) in [7, 11) is 0. The van der Waals surface area contributed by atoms with Gasteiger partial charge in [0.1, 0.15) is 6.54 Å². The molecule has 2 saturated heterocycles.